The molecule has 1 fully saturated rings. The monoisotopic (exact) mass is 272 g/mol. The van der Waals surface area contributed by atoms with E-state index in [1.807, 2.05) is 0 Å². The van der Waals surface area contributed by atoms with Crippen LogP contribution in [0.3, 0.4) is 0 Å². The van der Waals surface area contributed by atoms with E-state index in [0.29, 0.717) is 11.0 Å². The molecule has 0 amide bonds. The number of halogens is 2. The third kappa shape index (κ3) is 1.63. The number of alkyl halides is 1. The first-order valence-corrected chi connectivity index (χ1v) is 5.69. The van der Waals surface area contributed by atoms with Crippen LogP contribution in [0.5, 0.6) is 0 Å². The molecule has 3 heterocycles. The van der Waals surface area contributed by atoms with Gasteiger partial charge in [-0.1, -0.05) is 0 Å². The van der Waals surface area contributed by atoms with E-state index in [2.05, 4.69) is 9.97 Å². The number of rotatable bonds is 1. The van der Waals surface area contributed by atoms with Crippen molar-refractivity contribution in [3.63, 3.8) is 0 Å². The van der Waals surface area contributed by atoms with E-state index < -0.39 is 18.5 Å². The SMILES string of the molecule is Nc1nc(Cl)nc2c1ccn2[C@@H]1OC[C@@H](O)[C@@H]1F. The molecule has 3 rings (SSSR count). The van der Waals surface area contributed by atoms with E-state index in [9.17, 15) is 9.50 Å². The molecule has 3 N–H and O–H groups in total. The van der Waals surface area contributed by atoms with Gasteiger partial charge in [0.1, 0.15) is 17.6 Å². The van der Waals surface area contributed by atoms with Crippen LogP contribution in [-0.2, 0) is 4.74 Å². The predicted molar refractivity (Wildman–Crippen MR) is 62.8 cm³/mol. The normalized spacial score (nSPS) is 28.1. The summed E-state index contributed by atoms with van der Waals surface area (Å²) < 4.78 is 20.4. The lowest BCUT2D eigenvalue weighted by atomic mass is 10.2. The quantitative estimate of drug-likeness (QED) is 0.753. The van der Waals surface area contributed by atoms with Gasteiger partial charge in [-0.25, -0.2) is 9.37 Å². The van der Waals surface area contributed by atoms with Crippen LogP contribution in [0.25, 0.3) is 11.0 Å². The number of anilines is 1. The number of nitrogen functional groups attached to an aromatic ring is 1. The fraction of sp³-hybridized carbons (Fsp3) is 0.400. The van der Waals surface area contributed by atoms with Crippen molar-refractivity contribution in [3.8, 4) is 0 Å². The zero-order chi connectivity index (χ0) is 12.9. The maximum absolute atomic E-state index is 13.8. The van der Waals surface area contributed by atoms with Crippen molar-refractivity contribution in [1.82, 2.24) is 14.5 Å². The number of aliphatic hydroxyl groups excluding tert-OH is 1. The van der Waals surface area contributed by atoms with Gasteiger partial charge in [0, 0.05) is 6.20 Å². The van der Waals surface area contributed by atoms with Crippen molar-refractivity contribution in [1.29, 1.82) is 0 Å². The second-order valence-electron chi connectivity index (χ2n) is 4.07. The predicted octanol–water partition coefficient (Wildman–Crippen LogP) is 0.895. The highest BCUT2D eigenvalue weighted by atomic mass is 35.5. The van der Waals surface area contributed by atoms with Gasteiger partial charge in [0.2, 0.25) is 5.28 Å². The summed E-state index contributed by atoms with van der Waals surface area (Å²) in [7, 11) is 0. The van der Waals surface area contributed by atoms with Gasteiger partial charge < -0.3 is 20.1 Å². The van der Waals surface area contributed by atoms with Gasteiger partial charge in [0.25, 0.3) is 0 Å². The molecule has 0 radical (unpaired) electrons. The molecule has 8 heteroatoms. The van der Waals surface area contributed by atoms with Crippen LogP contribution in [-0.4, -0.2) is 38.5 Å². The number of fused-ring (bicyclic) bond motifs is 1. The number of hydrogen-bond donors (Lipinski definition) is 2. The van der Waals surface area contributed by atoms with Gasteiger partial charge >= 0.3 is 0 Å². The summed E-state index contributed by atoms with van der Waals surface area (Å²) in [6.45, 7) is -0.0557. The van der Waals surface area contributed by atoms with E-state index in [-0.39, 0.29) is 17.7 Å². The Kier molecular flexibility index (Phi) is 2.61. The molecular weight excluding hydrogens is 263 g/mol. The van der Waals surface area contributed by atoms with E-state index in [0.717, 1.165) is 0 Å². The minimum Gasteiger partial charge on any atom is -0.387 e. The molecule has 1 saturated heterocycles. The number of aliphatic hydroxyl groups is 1. The number of ether oxygens (including phenoxy) is 1. The molecule has 3 atom stereocenters. The highest BCUT2D eigenvalue weighted by Gasteiger charge is 2.38. The first-order chi connectivity index (χ1) is 8.58. The zero-order valence-corrected chi connectivity index (χ0v) is 9.88. The van der Waals surface area contributed by atoms with E-state index in [4.69, 9.17) is 22.1 Å². The van der Waals surface area contributed by atoms with Crippen molar-refractivity contribution in [3.05, 3.63) is 17.5 Å². The van der Waals surface area contributed by atoms with Crippen LogP contribution >= 0.6 is 11.6 Å². The number of aromatic nitrogens is 3. The molecule has 1 aliphatic rings. The maximum Gasteiger partial charge on any atom is 0.226 e. The molecule has 0 aromatic carbocycles. The van der Waals surface area contributed by atoms with E-state index >= 15 is 0 Å². The smallest absolute Gasteiger partial charge is 0.226 e. The van der Waals surface area contributed by atoms with Gasteiger partial charge in [0.05, 0.1) is 12.0 Å². The number of hydrogen-bond acceptors (Lipinski definition) is 5. The van der Waals surface area contributed by atoms with Crippen molar-refractivity contribution in [2.24, 2.45) is 0 Å². The van der Waals surface area contributed by atoms with Crippen molar-refractivity contribution in [2.45, 2.75) is 18.5 Å². The van der Waals surface area contributed by atoms with Crippen LogP contribution in [0.2, 0.25) is 5.28 Å². The lowest BCUT2D eigenvalue weighted by Crippen LogP contribution is -2.24. The van der Waals surface area contributed by atoms with Crippen LogP contribution in [0.15, 0.2) is 12.3 Å². The molecule has 0 unspecified atom stereocenters. The summed E-state index contributed by atoms with van der Waals surface area (Å²) in [5.74, 6) is 0.220. The highest BCUT2D eigenvalue weighted by molar-refractivity contribution is 6.28. The zero-order valence-electron chi connectivity index (χ0n) is 9.12. The Labute approximate surface area is 106 Å². The molecular formula is C10H10ClFN4O2. The summed E-state index contributed by atoms with van der Waals surface area (Å²) in [4.78, 5) is 7.82. The lowest BCUT2D eigenvalue weighted by molar-refractivity contribution is 0.0241. The Morgan fingerprint density at radius 1 is 1.56 bits per heavy atom. The molecule has 96 valence electrons. The van der Waals surface area contributed by atoms with Gasteiger partial charge in [0.15, 0.2) is 12.4 Å². The topological polar surface area (TPSA) is 86.2 Å². The largest absolute Gasteiger partial charge is 0.387 e. The Hall–Kier alpha value is -1.44. The van der Waals surface area contributed by atoms with Gasteiger partial charge in [-0.2, -0.15) is 4.98 Å². The number of nitrogens with two attached hydrogens (primary N) is 1. The highest BCUT2D eigenvalue weighted by Crippen LogP contribution is 2.31. The standard InChI is InChI=1S/C10H10ClFN4O2/c11-10-14-7(13)4-1-2-16(8(4)15-10)9-6(12)5(17)3-18-9/h1-2,5-6,9,17H,3H2,(H2,13,14,15)/t5-,6+,9-/m1/s1. The van der Waals surface area contributed by atoms with Gasteiger partial charge in [-0.3, -0.25) is 0 Å². The first-order valence-electron chi connectivity index (χ1n) is 5.31. The third-order valence-corrected chi connectivity index (χ3v) is 3.10. The molecule has 2 aromatic heterocycles. The molecule has 18 heavy (non-hydrogen) atoms. The molecule has 0 spiro atoms. The Morgan fingerprint density at radius 2 is 2.33 bits per heavy atom. The minimum atomic E-state index is -1.52. The summed E-state index contributed by atoms with van der Waals surface area (Å²) in [6, 6.07) is 1.65. The Morgan fingerprint density at radius 3 is 3.00 bits per heavy atom. The summed E-state index contributed by atoms with van der Waals surface area (Å²) >= 11 is 5.73. The average molecular weight is 273 g/mol. The molecule has 6 nitrogen and oxygen atoms in total. The first kappa shape index (κ1) is 11.6. The molecule has 1 aliphatic heterocycles. The van der Waals surface area contributed by atoms with E-state index in [1.165, 1.54) is 4.57 Å². The second kappa shape index (κ2) is 4.04. The summed E-state index contributed by atoms with van der Waals surface area (Å²) in [6.07, 6.45) is -2.00. The second-order valence-corrected chi connectivity index (χ2v) is 4.41. The number of nitrogens with zero attached hydrogens (tertiary/aromatic N) is 3. The van der Waals surface area contributed by atoms with E-state index in [1.54, 1.807) is 12.3 Å². The van der Waals surface area contributed by atoms with Crippen LogP contribution in [0, 0.1) is 0 Å². The van der Waals surface area contributed by atoms with Crippen molar-refractivity contribution < 1.29 is 14.2 Å². The molecule has 0 aliphatic carbocycles. The minimum absolute atomic E-state index is 0.0195. The van der Waals surface area contributed by atoms with Gasteiger partial charge in [-0.05, 0) is 17.7 Å². The molecule has 0 bridgehead atoms. The van der Waals surface area contributed by atoms with Crippen LogP contribution in [0.4, 0.5) is 10.2 Å². The van der Waals surface area contributed by atoms with Crippen molar-refractivity contribution >= 4 is 28.5 Å². The molecule has 0 saturated carbocycles. The maximum atomic E-state index is 13.8. The fourth-order valence-electron chi connectivity index (χ4n) is 2.04. The molecule has 2 aromatic rings. The Balaban J connectivity index is 2.13. The van der Waals surface area contributed by atoms with Crippen LogP contribution < -0.4 is 5.73 Å². The lowest BCUT2D eigenvalue weighted by Gasteiger charge is -2.15. The average Bonchev–Trinajstić information content (AvgIpc) is 2.85. The fourth-order valence-corrected chi connectivity index (χ4v) is 2.21. The third-order valence-electron chi connectivity index (χ3n) is 2.93. The van der Waals surface area contributed by atoms with Gasteiger partial charge in [-0.15, -0.1) is 0 Å². The van der Waals surface area contributed by atoms with Crippen molar-refractivity contribution in [2.75, 3.05) is 12.3 Å². The summed E-state index contributed by atoms with van der Waals surface area (Å²) in [5, 5.41) is 9.90. The Bertz CT molecular complexity index is 605. The van der Waals surface area contributed by atoms with Crippen LogP contribution in [0.1, 0.15) is 6.23 Å². The summed E-state index contributed by atoms with van der Waals surface area (Å²) in [5.41, 5.74) is 6.08.